The average Bonchev–Trinajstić information content (AvgIpc) is 2.88. The van der Waals surface area contributed by atoms with Gasteiger partial charge in [0, 0.05) is 11.1 Å². The van der Waals surface area contributed by atoms with Gasteiger partial charge in [-0.1, -0.05) is 36.5 Å². The third-order valence-electron chi connectivity index (χ3n) is 8.31. The van der Waals surface area contributed by atoms with E-state index in [0.29, 0.717) is 17.9 Å². The van der Waals surface area contributed by atoms with E-state index in [1.807, 2.05) is 25.2 Å². The lowest BCUT2D eigenvalue weighted by Crippen LogP contribution is -2.30. The molecule has 0 saturated heterocycles. The molecule has 2 aliphatic carbocycles. The highest BCUT2D eigenvalue weighted by molar-refractivity contribution is 5.46. The van der Waals surface area contributed by atoms with E-state index in [1.165, 1.54) is 37.8 Å². The predicted molar refractivity (Wildman–Crippen MR) is 142 cm³/mol. The number of allylic oxidation sites excluding steroid dienone is 3. The van der Waals surface area contributed by atoms with Crippen LogP contribution >= 0.6 is 0 Å². The van der Waals surface area contributed by atoms with Crippen LogP contribution < -0.4 is 0 Å². The van der Waals surface area contributed by atoms with Crippen molar-refractivity contribution in [3.8, 4) is 11.8 Å². The lowest BCUT2D eigenvalue weighted by atomic mass is 9.63. The summed E-state index contributed by atoms with van der Waals surface area (Å²) in [6, 6.07) is 5.05. The minimum absolute atomic E-state index is 0.00895. The van der Waals surface area contributed by atoms with Gasteiger partial charge in [0.1, 0.15) is 23.3 Å². The molecule has 4 unspecified atom stereocenters. The molecule has 0 heterocycles. The second kappa shape index (κ2) is 12.6. The van der Waals surface area contributed by atoms with Gasteiger partial charge in [-0.15, -0.1) is 6.58 Å². The lowest BCUT2D eigenvalue weighted by Gasteiger charge is -2.42. The fourth-order valence-electron chi connectivity index (χ4n) is 6.30. The summed E-state index contributed by atoms with van der Waals surface area (Å²) in [4.78, 5) is 0. The molecule has 0 aromatic heterocycles. The van der Waals surface area contributed by atoms with Crippen molar-refractivity contribution in [2.24, 2.45) is 17.8 Å². The van der Waals surface area contributed by atoms with Crippen LogP contribution in [0.25, 0.3) is 0 Å². The van der Waals surface area contributed by atoms with Gasteiger partial charge >= 0.3 is 0 Å². The van der Waals surface area contributed by atoms with Gasteiger partial charge in [0.15, 0.2) is 0 Å². The second-order valence-corrected chi connectivity index (χ2v) is 10.7. The summed E-state index contributed by atoms with van der Waals surface area (Å²) in [6.07, 6.45) is 15.4. The Bertz CT molecular complexity index is 1150. The van der Waals surface area contributed by atoms with E-state index in [0.717, 1.165) is 49.7 Å². The van der Waals surface area contributed by atoms with Gasteiger partial charge < -0.3 is 0 Å². The van der Waals surface area contributed by atoms with E-state index >= 15 is 0 Å². The van der Waals surface area contributed by atoms with Crippen LogP contribution in [-0.4, -0.2) is 0 Å². The van der Waals surface area contributed by atoms with Crippen LogP contribution in [0.4, 0.5) is 17.6 Å². The minimum atomic E-state index is -0.721. The number of hydrogen-bond donors (Lipinski definition) is 0. The number of halogens is 4. The maximum absolute atomic E-state index is 15.0. The highest BCUT2D eigenvalue weighted by atomic mass is 19.1. The molecular formula is C33H36F4. The van der Waals surface area contributed by atoms with Crippen molar-refractivity contribution >= 4 is 0 Å². The van der Waals surface area contributed by atoms with Crippen molar-refractivity contribution in [3.63, 3.8) is 0 Å². The summed E-state index contributed by atoms with van der Waals surface area (Å²) in [5.41, 5.74) is 0.369. The summed E-state index contributed by atoms with van der Waals surface area (Å²) < 4.78 is 58.7. The van der Waals surface area contributed by atoms with Crippen molar-refractivity contribution < 1.29 is 17.6 Å². The fourth-order valence-corrected chi connectivity index (χ4v) is 6.30. The van der Waals surface area contributed by atoms with E-state index in [1.54, 1.807) is 0 Å². The Morgan fingerprint density at radius 2 is 1.51 bits per heavy atom. The topological polar surface area (TPSA) is 0 Å². The highest BCUT2D eigenvalue weighted by Crippen LogP contribution is 2.48. The van der Waals surface area contributed by atoms with Crippen molar-refractivity contribution in [3.05, 3.63) is 94.6 Å². The average molecular weight is 509 g/mol. The molecule has 0 amide bonds. The Labute approximate surface area is 218 Å². The van der Waals surface area contributed by atoms with Crippen LogP contribution in [-0.2, 0) is 6.42 Å². The van der Waals surface area contributed by atoms with Crippen molar-refractivity contribution in [1.29, 1.82) is 0 Å². The van der Waals surface area contributed by atoms with Crippen LogP contribution in [0.2, 0.25) is 0 Å². The third kappa shape index (κ3) is 6.75. The van der Waals surface area contributed by atoms with E-state index < -0.39 is 23.3 Å². The van der Waals surface area contributed by atoms with E-state index in [2.05, 4.69) is 18.4 Å². The largest absolute Gasteiger partial charge is 0.207 e. The quantitative estimate of drug-likeness (QED) is 0.198. The molecule has 2 aromatic carbocycles. The summed E-state index contributed by atoms with van der Waals surface area (Å²) in [5.74, 6) is 4.44. The zero-order valence-electron chi connectivity index (χ0n) is 21.6. The monoisotopic (exact) mass is 508 g/mol. The Morgan fingerprint density at radius 3 is 2.19 bits per heavy atom. The Morgan fingerprint density at radius 1 is 0.838 bits per heavy atom. The normalized spacial score (nSPS) is 23.4. The zero-order chi connectivity index (χ0) is 26.4. The molecule has 0 aliphatic heterocycles. The Kier molecular flexibility index (Phi) is 9.30. The van der Waals surface area contributed by atoms with E-state index in [-0.39, 0.29) is 29.0 Å². The first kappa shape index (κ1) is 27.2. The molecular weight excluding hydrogens is 472 g/mol. The molecule has 2 aliphatic rings. The van der Waals surface area contributed by atoms with Crippen molar-refractivity contribution in [2.45, 2.75) is 77.0 Å². The van der Waals surface area contributed by atoms with Crippen molar-refractivity contribution in [1.82, 2.24) is 0 Å². The molecule has 0 bridgehead atoms. The van der Waals surface area contributed by atoms with E-state index in [4.69, 9.17) is 0 Å². The summed E-state index contributed by atoms with van der Waals surface area (Å²) in [7, 11) is 0. The Hall–Kier alpha value is -2.80. The molecule has 4 rings (SSSR count). The van der Waals surface area contributed by atoms with Crippen LogP contribution in [0.5, 0.6) is 0 Å². The summed E-state index contributed by atoms with van der Waals surface area (Å²) >= 11 is 0. The van der Waals surface area contributed by atoms with E-state index in [9.17, 15) is 17.6 Å². The van der Waals surface area contributed by atoms with Gasteiger partial charge in [0.2, 0.25) is 0 Å². The van der Waals surface area contributed by atoms with Crippen LogP contribution in [0.1, 0.15) is 92.9 Å². The van der Waals surface area contributed by atoms with Crippen LogP contribution in [0, 0.1) is 52.9 Å². The molecule has 2 saturated carbocycles. The first-order valence-electron chi connectivity index (χ1n) is 13.6. The van der Waals surface area contributed by atoms with Gasteiger partial charge in [0.05, 0.1) is 5.56 Å². The van der Waals surface area contributed by atoms with Gasteiger partial charge in [-0.25, -0.2) is 17.6 Å². The van der Waals surface area contributed by atoms with Gasteiger partial charge in [-0.05, 0) is 118 Å². The molecule has 0 N–H and O–H groups in total. The van der Waals surface area contributed by atoms with Crippen LogP contribution in [0.3, 0.4) is 0 Å². The number of benzene rings is 2. The fraction of sp³-hybridized carbons (Fsp3) is 0.455. The first-order valence-corrected chi connectivity index (χ1v) is 13.6. The second-order valence-electron chi connectivity index (χ2n) is 10.7. The first-order chi connectivity index (χ1) is 17.9. The third-order valence-corrected chi connectivity index (χ3v) is 8.31. The van der Waals surface area contributed by atoms with Gasteiger partial charge in [-0.3, -0.25) is 0 Å². The molecule has 0 nitrogen and oxygen atoms in total. The highest BCUT2D eigenvalue weighted by Gasteiger charge is 2.36. The minimum Gasteiger partial charge on any atom is -0.207 e. The molecule has 4 atom stereocenters. The molecule has 0 spiro atoms. The molecule has 196 valence electrons. The number of hydrogen-bond acceptors (Lipinski definition) is 0. The lowest BCUT2D eigenvalue weighted by molar-refractivity contribution is 0.115. The zero-order valence-corrected chi connectivity index (χ0v) is 21.6. The standard InChI is InChI=1S/C33H36F4/c1-3-5-7-9-28-30(34)17-23(18-31(28)35)11-15-29-32(36)20-27(21-33(29)37)26-14-13-24-16-22(8-6-4-2)10-12-25(24)19-26/h3-5,17-18,20-22,24-26H,2,6-10,12-14,16,19H2,1H3/b5-3+. The number of rotatable bonds is 7. The van der Waals surface area contributed by atoms with Crippen molar-refractivity contribution in [2.75, 3.05) is 0 Å². The van der Waals surface area contributed by atoms with Crippen LogP contribution in [0.15, 0.2) is 49.1 Å². The summed E-state index contributed by atoms with van der Waals surface area (Å²) in [6.45, 7) is 5.68. The van der Waals surface area contributed by atoms with Gasteiger partial charge in [0.25, 0.3) is 0 Å². The predicted octanol–water partition coefficient (Wildman–Crippen LogP) is 9.42. The maximum atomic E-state index is 15.0. The molecule has 0 radical (unpaired) electrons. The Balaban J connectivity index is 1.45. The smallest absolute Gasteiger partial charge is 0.142 e. The SMILES string of the molecule is C=CCCC1CCC2CC(c3cc(F)c(C#Cc4cc(F)c(CC/C=C/C)c(F)c4)c(F)c3)CCC2C1. The molecule has 2 aromatic rings. The molecule has 2 fully saturated rings. The molecule has 37 heavy (non-hydrogen) atoms. The number of fused-ring (bicyclic) bond motifs is 1. The summed E-state index contributed by atoms with van der Waals surface area (Å²) in [5, 5.41) is 0. The maximum Gasteiger partial charge on any atom is 0.142 e. The van der Waals surface area contributed by atoms with Gasteiger partial charge in [-0.2, -0.15) is 0 Å². The molecule has 4 heteroatoms.